The lowest BCUT2D eigenvalue weighted by atomic mass is 9.94. The van der Waals surface area contributed by atoms with Crippen LogP contribution < -0.4 is 19.5 Å². The average molecular weight is 459 g/mol. The topological polar surface area (TPSA) is 111 Å². The van der Waals surface area contributed by atoms with Crippen molar-refractivity contribution in [2.45, 2.75) is 56.1 Å². The van der Waals surface area contributed by atoms with Gasteiger partial charge in [-0.15, -0.1) is 0 Å². The van der Waals surface area contributed by atoms with E-state index in [9.17, 15) is 18.0 Å². The molecule has 0 atom stereocenters. The molecular formula is C23H26N2O6S. The molecule has 0 unspecified atom stereocenters. The first-order valence-corrected chi connectivity index (χ1v) is 12.2. The number of hydrogen-bond donors (Lipinski definition) is 2. The minimum absolute atomic E-state index is 0.0373. The first-order valence-electron chi connectivity index (χ1n) is 10.7. The first kappa shape index (κ1) is 22.3. The predicted molar refractivity (Wildman–Crippen MR) is 118 cm³/mol. The third-order valence-electron chi connectivity index (χ3n) is 5.65. The van der Waals surface area contributed by atoms with E-state index in [1.54, 1.807) is 18.2 Å². The molecule has 32 heavy (non-hydrogen) atoms. The van der Waals surface area contributed by atoms with E-state index >= 15 is 0 Å². The zero-order valence-electron chi connectivity index (χ0n) is 17.8. The fourth-order valence-corrected chi connectivity index (χ4v) is 4.97. The highest BCUT2D eigenvalue weighted by Gasteiger charge is 2.42. The molecule has 1 aliphatic carbocycles. The van der Waals surface area contributed by atoms with Gasteiger partial charge in [0.05, 0.1) is 4.90 Å². The molecule has 8 nitrogen and oxygen atoms in total. The van der Waals surface area contributed by atoms with Gasteiger partial charge >= 0.3 is 0 Å². The molecule has 0 aromatic heterocycles. The van der Waals surface area contributed by atoms with E-state index in [1.165, 1.54) is 37.6 Å². The van der Waals surface area contributed by atoms with E-state index in [-0.39, 0.29) is 29.6 Å². The van der Waals surface area contributed by atoms with Gasteiger partial charge in [-0.05, 0) is 44.0 Å². The number of hydrogen-bond acceptors (Lipinski definition) is 6. The number of ether oxygens (including phenoxy) is 2. The molecule has 170 valence electrons. The van der Waals surface area contributed by atoms with Gasteiger partial charge in [-0.3, -0.25) is 9.59 Å². The highest BCUT2D eigenvalue weighted by molar-refractivity contribution is 7.89. The Kier molecular flexibility index (Phi) is 6.21. The Hall–Kier alpha value is -2.91. The molecule has 1 spiro atoms. The van der Waals surface area contributed by atoms with Crippen LogP contribution in [0, 0.1) is 0 Å². The lowest BCUT2D eigenvalue weighted by Gasteiger charge is -2.31. The van der Waals surface area contributed by atoms with Crippen LogP contribution in [0.1, 0.15) is 55.8 Å². The van der Waals surface area contributed by atoms with Crippen molar-refractivity contribution in [1.82, 2.24) is 4.72 Å². The standard InChI is InChI=1S/C23H26N2O6S/c1-16(26)17-5-8-19(9-6-17)32(28,29)24-14-11-22(27)25-18-7-10-20-21(15-18)31-23(30-20)12-3-2-4-13-23/h5-10,15,24H,2-4,11-14H2,1H3,(H,25,27). The van der Waals surface area contributed by atoms with Crippen molar-refractivity contribution in [2.24, 2.45) is 0 Å². The number of rotatable bonds is 7. The molecule has 2 aromatic rings. The largest absolute Gasteiger partial charge is 0.448 e. The lowest BCUT2D eigenvalue weighted by molar-refractivity contribution is -0.116. The molecule has 2 aliphatic rings. The second-order valence-corrected chi connectivity index (χ2v) is 9.88. The van der Waals surface area contributed by atoms with Gasteiger partial charge in [-0.1, -0.05) is 18.6 Å². The summed E-state index contributed by atoms with van der Waals surface area (Å²) in [6.07, 6.45) is 4.97. The molecule has 0 bridgehead atoms. The number of ketones is 1. The molecule has 1 aliphatic heterocycles. The maximum Gasteiger partial charge on any atom is 0.251 e. The van der Waals surface area contributed by atoms with Crippen LogP contribution in [0.25, 0.3) is 0 Å². The molecule has 2 N–H and O–H groups in total. The normalized spacial score (nSPS) is 16.7. The van der Waals surface area contributed by atoms with Crippen molar-refractivity contribution >= 4 is 27.4 Å². The van der Waals surface area contributed by atoms with Crippen LogP contribution in [0.5, 0.6) is 11.5 Å². The first-order chi connectivity index (χ1) is 15.3. The maximum atomic E-state index is 12.4. The second kappa shape index (κ2) is 8.91. The van der Waals surface area contributed by atoms with Gasteiger partial charge in [-0.25, -0.2) is 13.1 Å². The van der Waals surface area contributed by atoms with Gasteiger partial charge in [0.25, 0.3) is 5.79 Å². The monoisotopic (exact) mass is 458 g/mol. The molecule has 0 saturated heterocycles. The number of nitrogens with one attached hydrogen (secondary N) is 2. The zero-order chi connectivity index (χ0) is 22.8. The number of fused-ring (bicyclic) bond motifs is 1. The molecule has 9 heteroatoms. The Morgan fingerprint density at radius 3 is 2.34 bits per heavy atom. The Balaban J connectivity index is 1.29. The summed E-state index contributed by atoms with van der Waals surface area (Å²) in [5.74, 6) is 0.235. The van der Waals surface area contributed by atoms with Crippen molar-refractivity contribution in [3.05, 3.63) is 48.0 Å². The minimum atomic E-state index is -3.77. The summed E-state index contributed by atoms with van der Waals surface area (Å²) in [4.78, 5) is 23.7. The second-order valence-electron chi connectivity index (χ2n) is 8.11. The molecule has 0 radical (unpaired) electrons. The molecular weight excluding hydrogens is 432 g/mol. The van der Waals surface area contributed by atoms with Gasteiger partial charge < -0.3 is 14.8 Å². The van der Waals surface area contributed by atoms with Crippen LogP contribution in [-0.2, 0) is 14.8 Å². The van der Waals surface area contributed by atoms with Crippen LogP contribution in [0.4, 0.5) is 5.69 Å². The van der Waals surface area contributed by atoms with E-state index in [0.717, 1.165) is 25.7 Å². The smallest absolute Gasteiger partial charge is 0.251 e. The number of carbonyl (C=O) groups excluding carboxylic acids is 2. The minimum Gasteiger partial charge on any atom is -0.448 e. The van der Waals surface area contributed by atoms with Gasteiger partial charge in [0.15, 0.2) is 17.3 Å². The molecule has 4 rings (SSSR count). The number of benzene rings is 2. The fourth-order valence-electron chi connectivity index (χ4n) is 3.94. The summed E-state index contributed by atoms with van der Waals surface area (Å²) >= 11 is 0. The van der Waals surface area contributed by atoms with Crippen molar-refractivity contribution < 1.29 is 27.5 Å². The Morgan fingerprint density at radius 1 is 0.969 bits per heavy atom. The molecule has 2 aromatic carbocycles. The number of Topliss-reactive ketones (excluding diaryl/α,β-unsaturated/α-hetero) is 1. The van der Waals surface area contributed by atoms with Crippen LogP contribution >= 0.6 is 0 Å². The zero-order valence-corrected chi connectivity index (χ0v) is 18.7. The summed E-state index contributed by atoms with van der Waals surface area (Å²) in [6.45, 7) is 1.35. The van der Waals surface area contributed by atoms with Gasteiger partial charge in [0.1, 0.15) is 0 Å². The van der Waals surface area contributed by atoms with Gasteiger partial charge in [-0.2, -0.15) is 0 Å². The molecule has 1 heterocycles. The highest BCUT2D eigenvalue weighted by atomic mass is 32.2. The predicted octanol–water partition coefficient (Wildman–Crippen LogP) is 3.63. The van der Waals surface area contributed by atoms with Crippen LogP contribution in [-0.4, -0.2) is 32.4 Å². The number of amides is 1. The lowest BCUT2D eigenvalue weighted by Crippen LogP contribution is -2.40. The Morgan fingerprint density at radius 2 is 1.66 bits per heavy atom. The average Bonchev–Trinajstić information content (AvgIpc) is 3.10. The van der Waals surface area contributed by atoms with Crippen LogP contribution in [0.2, 0.25) is 0 Å². The van der Waals surface area contributed by atoms with Crippen molar-refractivity contribution in [3.63, 3.8) is 0 Å². The van der Waals surface area contributed by atoms with E-state index < -0.39 is 15.8 Å². The Labute approximate surface area is 187 Å². The fraction of sp³-hybridized carbons (Fsp3) is 0.391. The third-order valence-corrected chi connectivity index (χ3v) is 7.13. The van der Waals surface area contributed by atoms with Crippen molar-refractivity contribution in [3.8, 4) is 11.5 Å². The quantitative estimate of drug-likeness (QED) is 0.613. The van der Waals surface area contributed by atoms with Crippen molar-refractivity contribution in [2.75, 3.05) is 11.9 Å². The summed E-state index contributed by atoms with van der Waals surface area (Å²) in [5, 5.41) is 2.76. The van der Waals surface area contributed by atoms with E-state index in [2.05, 4.69) is 10.0 Å². The molecule has 1 amide bonds. The number of sulfonamides is 1. The number of carbonyl (C=O) groups is 2. The maximum absolute atomic E-state index is 12.4. The Bertz CT molecular complexity index is 1120. The highest BCUT2D eigenvalue weighted by Crippen LogP contribution is 2.46. The summed E-state index contributed by atoms with van der Waals surface area (Å²) in [5.41, 5.74) is 0.995. The summed E-state index contributed by atoms with van der Waals surface area (Å²) < 4.78 is 39.2. The molecule has 1 fully saturated rings. The third kappa shape index (κ3) is 4.94. The van der Waals surface area contributed by atoms with E-state index in [1.807, 2.05) is 0 Å². The number of anilines is 1. The van der Waals surface area contributed by atoms with Crippen LogP contribution in [0.3, 0.4) is 0 Å². The van der Waals surface area contributed by atoms with E-state index in [4.69, 9.17) is 9.47 Å². The molecule has 1 saturated carbocycles. The van der Waals surface area contributed by atoms with Gasteiger partial charge in [0.2, 0.25) is 15.9 Å². The van der Waals surface area contributed by atoms with Crippen LogP contribution in [0.15, 0.2) is 47.4 Å². The summed E-state index contributed by atoms with van der Waals surface area (Å²) in [6, 6.07) is 10.9. The van der Waals surface area contributed by atoms with Crippen molar-refractivity contribution in [1.29, 1.82) is 0 Å². The summed E-state index contributed by atoms with van der Waals surface area (Å²) in [7, 11) is -3.77. The van der Waals surface area contributed by atoms with E-state index in [0.29, 0.717) is 22.7 Å². The van der Waals surface area contributed by atoms with Gasteiger partial charge in [0, 0.05) is 43.1 Å². The SMILES string of the molecule is CC(=O)c1ccc(S(=O)(=O)NCCC(=O)Nc2ccc3c(c2)OC2(CCCCC2)O3)cc1.